The van der Waals surface area contributed by atoms with Gasteiger partial charge in [-0.2, -0.15) is 13.2 Å². The Morgan fingerprint density at radius 2 is 2.12 bits per heavy atom. The molecule has 0 amide bonds. The maximum absolute atomic E-state index is 11.9. The van der Waals surface area contributed by atoms with E-state index in [2.05, 4.69) is 10.1 Å². The van der Waals surface area contributed by atoms with Gasteiger partial charge in [0.2, 0.25) is 0 Å². The molecule has 1 N–H and O–H groups in total. The van der Waals surface area contributed by atoms with Gasteiger partial charge in [0.15, 0.2) is 6.61 Å². The van der Waals surface area contributed by atoms with Crippen LogP contribution in [0.2, 0.25) is 0 Å². The summed E-state index contributed by atoms with van der Waals surface area (Å²) in [7, 11) is 0. The minimum absolute atomic E-state index is 0.255. The van der Waals surface area contributed by atoms with E-state index in [0.717, 1.165) is 30.6 Å². The number of fused-ring (bicyclic) bond motifs is 1. The summed E-state index contributed by atoms with van der Waals surface area (Å²) in [6.45, 7) is -0.387. The zero-order valence-electron chi connectivity index (χ0n) is 8.60. The van der Waals surface area contributed by atoms with Crippen LogP contribution in [0.3, 0.4) is 0 Å². The molecule has 16 heavy (non-hydrogen) atoms. The van der Waals surface area contributed by atoms with E-state index in [9.17, 15) is 13.2 Å². The monoisotopic (exact) mass is 231 g/mol. The van der Waals surface area contributed by atoms with Crippen molar-refractivity contribution in [1.29, 1.82) is 0 Å². The third kappa shape index (κ3) is 2.81. The highest BCUT2D eigenvalue weighted by Crippen LogP contribution is 2.27. The summed E-state index contributed by atoms with van der Waals surface area (Å²) in [4.78, 5) is 0. The maximum Gasteiger partial charge on any atom is 0.422 e. The van der Waals surface area contributed by atoms with E-state index >= 15 is 0 Å². The molecule has 0 saturated heterocycles. The molecule has 2 rings (SSSR count). The van der Waals surface area contributed by atoms with Crippen molar-refractivity contribution >= 4 is 5.69 Å². The predicted molar refractivity (Wildman–Crippen MR) is 54.8 cm³/mol. The number of anilines is 1. The van der Waals surface area contributed by atoms with Crippen molar-refractivity contribution in [3.05, 3.63) is 23.8 Å². The Labute approximate surface area is 91.4 Å². The van der Waals surface area contributed by atoms with E-state index in [1.54, 1.807) is 12.1 Å². The molecule has 88 valence electrons. The molecule has 1 aliphatic rings. The molecule has 5 heteroatoms. The number of hydrogen-bond acceptors (Lipinski definition) is 2. The van der Waals surface area contributed by atoms with Crippen molar-refractivity contribution in [1.82, 2.24) is 0 Å². The van der Waals surface area contributed by atoms with Gasteiger partial charge in [0.25, 0.3) is 0 Å². The smallest absolute Gasteiger partial charge is 0.422 e. The number of benzene rings is 1. The van der Waals surface area contributed by atoms with Gasteiger partial charge in [-0.3, -0.25) is 0 Å². The Hall–Kier alpha value is -1.39. The maximum atomic E-state index is 11.9. The number of halogens is 3. The number of alkyl halides is 3. The van der Waals surface area contributed by atoms with Crippen LogP contribution in [0.4, 0.5) is 18.9 Å². The quantitative estimate of drug-likeness (QED) is 0.844. The molecule has 2 nitrogen and oxygen atoms in total. The Balaban J connectivity index is 2.06. The first-order chi connectivity index (χ1) is 7.54. The van der Waals surface area contributed by atoms with Crippen molar-refractivity contribution in [3.8, 4) is 5.75 Å². The molecule has 0 spiro atoms. The van der Waals surface area contributed by atoms with Crippen LogP contribution in [-0.4, -0.2) is 19.3 Å². The number of rotatable bonds is 2. The van der Waals surface area contributed by atoms with E-state index in [0.29, 0.717) is 0 Å². The van der Waals surface area contributed by atoms with Crippen molar-refractivity contribution in [3.63, 3.8) is 0 Å². The average Bonchev–Trinajstić information content (AvgIpc) is 2.25. The van der Waals surface area contributed by atoms with Gasteiger partial charge in [-0.25, -0.2) is 0 Å². The van der Waals surface area contributed by atoms with Crippen molar-refractivity contribution in [2.75, 3.05) is 18.5 Å². The van der Waals surface area contributed by atoms with Crippen LogP contribution < -0.4 is 10.1 Å². The third-order valence-corrected chi connectivity index (χ3v) is 2.42. The summed E-state index contributed by atoms with van der Waals surface area (Å²) in [5.74, 6) is 0.255. The highest BCUT2D eigenvalue weighted by Gasteiger charge is 2.28. The number of aryl methyl sites for hydroxylation is 1. The summed E-state index contributed by atoms with van der Waals surface area (Å²) >= 11 is 0. The van der Waals surface area contributed by atoms with Gasteiger partial charge in [-0.1, -0.05) is 6.07 Å². The van der Waals surface area contributed by atoms with Crippen LogP contribution in [0.25, 0.3) is 0 Å². The van der Waals surface area contributed by atoms with E-state index in [1.807, 2.05) is 6.07 Å². The van der Waals surface area contributed by atoms with Gasteiger partial charge in [0.1, 0.15) is 5.75 Å². The van der Waals surface area contributed by atoms with Crippen LogP contribution in [0, 0.1) is 0 Å². The molecule has 0 saturated carbocycles. The molecule has 0 atom stereocenters. The fourth-order valence-electron chi connectivity index (χ4n) is 1.69. The third-order valence-electron chi connectivity index (χ3n) is 2.42. The lowest BCUT2D eigenvalue weighted by molar-refractivity contribution is -0.153. The van der Waals surface area contributed by atoms with Crippen LogP contribution in [0.15, 0.2) is 18.2 Å². The standard InChI is InChI=1S/C11H12F3NO/c12-11(13,14)7-16-9-4-3-8-2-1-5-15-10(8)6-9/h3-4,6,15H,1-2,5,7H2. The SMILES string of the molecule is FC(F)(F)COc1ccc2c(c1)NCCC2. The molecular weight excluding hydrogens is 219 g/mol. The zero-order chi connectivity index (χ0) is 11.6. The minimum Gasteiger partial charge on any atom is -0.484 e. The number of ether oxygens (including phenoxy) is 1. The molecule has 1 aliphatic heterocycles. The average molecular weight is 231 g/mol. The van der Waals surface area contributed by atoms with E-state index in [-0.39, 0.29) is 5.75 Å². The van der Waals surface area contributed by atoms with Gasteiger partial charge in [0, 0.05) is 18.3 Å². The lowest BCUT2D eigenvalue weighted by Crippen LogP contribution is -2.19. The molecular formula is C11H12F3NO. The van der Waals surface area contributed by atoms with E-state index in [4.69, 9.17) is 0 Å². The fraction of sp³-hybridized carbons (Fsp3) is 0.455. The van der Waals surface area contributed by atoms with Gasteiger partial charge in [0.05, 0.1) is 0 Å². The van der Waals surface area contributed by atoms with E-state index < -0.39 is 12.8 Å². The highest BCUT2D eigenvalue weighted by molar-refractivity contribution is 5.56. The Bertz CT molecular complexity index is 376. The molecule has 0 unspecified atom stereocenters. The molecule has 1 aromatic carbocycles. The predicted octanol–water partition coefficient (Wildman–Crippen LogP) is 2.99. The Morgan fingerprint density at radius 1 is 1.31 bits per heavy atom. The summed E-state index contributed by atoms with van der Waals surface area (Å²) < 4.78 is 40.5. The molecule has 1 heterocycles. The topological polar surface area (TPSA) is 21.3 Å². The summed E-state index contributed by atoms with van der Waals surface area (Å²) in [6.07, 6.45) is -2.28. The molecule has 0 aromatic heterocycles. The number of nitrogens with one attached hydrogen (secondary N) is 1. The largest absolute Gasteiger partial charge is 0.484 e. The molecule has 0 fully saturated rings. The Morgan fingerprint density at radius 3 is 2.88 bits per heavy atom. The lowest BCUT2D eigenvalue weighted by atomic mass is 10.0. The van der Waals surface area contributed by atoms with Gasteiger partial charge in [-0.15, -0.1) is 0 Å². The fourth-order valence-corrected chi connectivity index (χ4v) is 1.69. The second-order valence-corrected chi connectivity index (χ2v) is 3.75. The molecule has 1 aromatic rings. The summed E-state index contributed by atoms with van der Waals surface area (Å²) in [5.41, 5.74) is 2.01. The van der Waals surface area contributed by atoms with Crippen LogP contribution in [-0.2, 0) is 6.42 Å². The zero-order valence-corrected chi connectivity index (χ0v) is 8.60. The second-order valence-electron chi connectivity index (χ2n) is 3.75. The highest BCUT2D eigenvalue weighted by atomic mass is 19.4. The summed E-state index contributed by atoms with van der Waals surface area (Å²) in [5, 5.41) is 3.14. The molecule has 0 radical (unpaired) electrons. The first-order valence-electron chi connectivity index (χ1n) is 5.11. The summed E-state index contributed by atoms with van der Waals surface area (Å²) in [6, 6.07) is 5.02. The van der Waals surface area contributed by atoms with Crippen molar-refractivity contribution in [2.24, 2.45) is 0 Å². The van der Waals surface area contributed by atoms with Crippen LogP contribution in [0.1, 0.15) is 12.0 Å². The first-order valence-corrected chi connectivity index (χ1v) is 5.11. The number of hydrogen-bond donors (Lipinski definition) is 1. The lowest BCUT2D eigenvalue weighted by Gasteiger charge is -2.19. The van der Waals surface area contributed by atoms with Crippen molar-refractivity contribution in [2.45, 2.75) is 19.0 Å². The minimum atomic E-state index is -4.29. The van der Waals surface area contributed by atoms with Crippen molar-refractivity contribution < 1.29 is 17.9 Å². The molecule has 0 aliphatic carbocycles. The van der Waals surface area contributed by atoms with Gasteiger partial charge < -0.3 is 10.1 Å². The van der Waals surface area contributed by atoms with Gasteiger partial charge in [-0.05, 0) is 24.5 Å². The van der Waals surface area contributed by atoms with Crippen LogP contribution >= 0.6 is 0 Å². The first kappa shape index (κ1) is 11.1. The van der Waals surface area contributed by atoms with Gasteiger partial charge >= 0.3 is 6.18 Å². The second kappa shape index (κ2) is 4.23. The molecule has 0 bridgehead atoms. The van der Waals surface area contributed by atoms with Crippen LogP contribution in [0.5, 0.6) is 5.75 Å². The van der Waals surface area contributed by atoms with E-state index in [1.165, 1.54) is 0 Å². The normalized spacial score (nSPS) is 15.2. The Kier molecular flexibility index (Phi) is 2.94.